The van der Waals surface area contributed by atoms with Gasteiger partial charge in [0, 0.05) is 37.3 Å². The molecule has 6 nitrogen and oxygen atoms in total. The SMILES string of the molecule is CC(C)(C)OC(=O)N1CCC2(CC1)CN(c1ccc(C(=O)O)cc1)C2. The molecule has 1 amide bonds. The van der Waals surface area contributed by atoms with Crippen molar-refractivity contribution in [2.24, 2.45) is 5.41 Å². The third-order valence-corrected chi connectivity index (χ3v) is 5.01. The second-order valence-electron chi connectivity index (χ2n) is 8.18. The highest BCUT2D eigenvalue weighted by Gasteiger charge is 2.45. The smallest absolute Gasteiger partial charge is 0.410 e. The van der Waals surface area contributed by atoms with Crippen LogP contribution in [0.15, 0.2) is 24.3 Å². The van der Waals surface area contributed by atoms with Crippen LogP contribution in [0.25, 0.3) is 0 Å². The molecule has 0 aliphatic carbocycles. The zero-order valence-electron chi connectivity index (χ0n) is 15.1. The van der Waals surface area contributed by atoms with E-state index in [9.17, 15) is 9.59 Å². The number of nitrogens with zero attached hydrogens (tertiary/aromatic N) is 2. The maximum atomic E-state index is 12.1. The first-order chi connectivity index (χ1) is 11.7. The van der Waals surface area contributed by atoms with E-state index in [1.54, 1.807) is 17.0 Å². The Labute approximate surface area is 148 Å². The van der Waals surface area contributed by atoms with Crippen LogP contribution in [0.5, 0.6) is 0 Å². The van der Waals surface area contributed by atoms with E-state index in [0.717, 1.165) is 44.7 Å². The minimum atomic E-state index is -0.902. The topological polar surface area (TPSA) is 70.1 Å². The number of rotatable bonds is 2. The van der Waals surface area contributed by atoms with Crippen molar-refractivity contribution < 1.29 is 19.4 Å². The van der Waals surface area contributed by atoms with Gasteiger partial charge in [0.25, 0.3) is 0 Å². The van der Waals surface area contributed by atoms with Gasteiger partial charge in [0.2, 0.25) is 0 Å². The summed E-state index contributed by atoms with van der Waals surface area (Å²) < 4.78 is 5.45. The van der Waals surface area contributed by atoms with Crippen molar-refractivity contribution in [2.45, 2.75) is 39.2 Å². The summed E-state index contributed by atoms with van der Waals surface area (Å²) in [6.07, 6.45) is 1.74. The Bertz CT molecular complexity index is 647. The predicted octanol–water partition coefficient (Wildman–Crippen LogP) is 3.22. The summed E-state index contributed by atoms with van der Waals surface area (Å²) in [5, 5.41) is 8.97. The molecule has 136 valence electrons. The Hall–Kier alpha value is -2.24. The first kappa shape index (κ1) is 17.6. The molecule has 2 heterocycles. The first-order valence-corrected chi connectivity index (χ1v) is 8.74. The fourth-order valence-electron chi connectivity index (χ4n) is 3.57. The number of anilines is 1. The third kappa shape index (κ3) is 3.89. The molecule has 6 heteroatoms. The maximum absolute atomic E-state index is 12.1. The highest BCUT2D eigenvalue weighted by atomic mass is 16.6. The average Bonchev–Trinajstić information content (AvgIpc) is 2.51. The number of ether oxygens (including phenoxy) is 1. The molecule has 3 rings (SSSR count). The van der Waals surface area contributed by atoms with Crippen LogP contribution >= 0.6 is 0 Å². The Balaban J connectivity index is 1.51. The molecule has 1 aromatic carbocycles. The fraction of sp³-hybridized carbons (Fsp3) is 0.579. The molecule has 1 N–H and O–H groups in total. The number of amides is 1. The molecule has 2 aliphatic heterocycles. The van der Waals surface area contributed by atoms with Crippen molar-refractivity contribution in [3.8, 4) is 0 Å². The van der Waals surface area contributed by atoms with E-state index >= 15 is 0 Å². The number of piperidine rings is 1. The van der Waals surface area contributed by atoms with Gasteiger partial charge in [-0.15, -0.1) is 0 Å². The lowest BCUT2D eigenvalue weighted by molar-refractivity contribution is 0.00596. The summed E-state index contributed by atoms with van der Waals surface area (Å²) in [5.41, 5.74) is 1.18. The fourth-order valence-corrected chi connectivity index (χ4v) is 3.57. The van der Waals surface area contributed by atoms with Gasteiger partial charge in [0.1, 0.15) is 5.60 Å². The quantitative estimate of drug-likeness (QED) is 0.890. The monoisotopic (exact) mass is 346 g/mol. The number of carboxylic acid groups (broad SMARTS) is 1. The Morgan fingerprint density at radius 3 is 2.12 bits per heavy atom. The molecule has 0 saturated carbocycles. The van der Waals surface area contributed by atoms with Crippen molar-refractivity contribution in [3.05, 3.63) is 29.8 Å². The lowest BCUT2D eigenvalue weighted by Gasteiger charge is -2.55. The van der Waals surface area contributed by atoms with Gasteiger partial charge < -0.3 is 19.6 Å². The van der Waals surface area contributed by atoms with E-state index < -0.39 is 11.6 Å². The molecule has 0 atom stereocenters. The van der Waals surface area contributed by atoms with Crippen LogP contribution in [-0.2, 0) is 4.74 Å². The van der Waals surface area contributed by atoms with Crippen LogP contribution < -0.4 is 4.90 Å². The molecule has 0 aromatic heterocycles. The van der Waals surface area contributed by atoms with Gasteiger partial charge in [0.05, 0.1) is 5.56 Å². The molecular weight excluding hydrogens is 320 g/mol. The number of hydrogen-bond acceptors (Lipinski definition) is 4. The molecule has 1 aromatic rings. The van der Waals surface area contributed by atoms with Gasteiger partial charge in [-0.2, -0.15) is 0 Å². The maximum Gasteiger partial charge on any atom is 0.410 e. The molecule has 25 heavy (non-hydrogen) atoms. The van der Waals surface area contributed by atoms with Gasteiger partial charge in [0.15, 0.2) is 0 Å². The van der Waals surface area contributed by atoms with Gasteiger partial charge in [-0.05, 0) is 57.9 Å². The largest absolute Gasteiger partial charge is 0.478 e. The third-order valence-electron chi connectivity index (χ3n) is 5.01. The lowest BCUT2D eigenvalue weighted by Crippen LogP contribution is -2.61. The summed E-state index contributed by atoms with van der Waals surface area (Å²) in [5.74, 6) is -0.902. The second kappa shape index (κ2) is 6.24. The number of likely N-dealkylation sites (tertiary alicyclic amines) is 1. The van der Waals surface area contributed by atoms with E-state index in [1.165, 1.54) is 0 Å². The summed E-state index contributed by atoms with van der Waals surface area (Å²) >= 11 is 0. The van der Waals surface area contributed by atoms with Crippen molar-refractivity contribution in [1.82, 2.24) is 4.90 Å². The molecule has 2 fully saturated rings. The van der Waals surface area contributed by atoms with Crippen molar-refractivity contribution in [1.29, 1.82) is 0 Å². The van der Waals surface area contributed by atoms with Crippen LogP contribution in [0.1, 0.15) is 44.0 Å². The van der Waals surface area contributed by atoms with Gasteiger partial charge >= 0.3 is 12.1 Å². The lowest BCUT2D eigenvalue weighted by atomic mass is 9.72. The van der Waals surface area contributed by atoms with Crippen LogP contribution in [0, 0.1) is 5.41 Å². The average molecular weight is 346 g/mol. The first-order valence-electron chi connectivity index (χ1n) is 8.74. The zero-order chi connectivity index (χ0) is 18.2. The Kier molecular flexibility index (Phi) is 4.39. The van der Waals surface area contributed by atoms with Crippen molar-refractivity contribution >= 4 is 17.7 Å². The van der Waals surface area contributed by atoms with E-state index in [0.29, 0.717) is 5.56 Å². The number of hydrogen-bond donors (Lipinski definition) is 1. The molecule has 1 spiro atoms. The zero-order valence-corrected chi connectivity index (χ0v) is 15.1. The number of carbonyl (C=O) groups is 2. The normalized spacial score (nSPS) is 19.5. The number of aromatic carboxylic acids is 1. The molecule has 0 unspecified atom stereocenters. The molecule has 2 saturated heterocycles. The van der Waals surface area contributed by atoms with E-state index in [2.05, 4.69) is 4.90 Å². The van der Waals surface area contributed by atoms with Crippen molar-refractivity contribution in [3.63, 3.8) is 0 Å². The molecular formula is C19H26N2O4. The van der Waals surface area contributed by atoms with E-state index in [1.807, 2.05) is 32.9 Å². The summed E-state index contributed by atoms with van der Waals surface area (Å²) in [7, 11) is 0. The van der Waals surface area contributed by atoms with Crippen LogP contribution in [0.3, 0.4) is 0 Å². The highest BCUT2D eigenvalue weighted by molar-refractivity contribution is 5.88. The number of benzene rings is 1. The number of carboxylic acids is 1. The van der Waals surface area contributed by atoms with Gasteiger partial charge in [-0.25, -0.2) is 9.59 Å². The van der Waals surface area contributed by atoms with E-state index in [4.69, 9.17) is 9.84 Å². The summed E-state index contributed by atoms with van der Waals surface area (Å²) in [6, 6.07) is 7.03. The van der Waals surface area contributed by atoms with Crippen LogP contribution in [-0.4, -0.2) is 53.8 Å². The standard InChI is InChI=1S/C19H26N2O4/c1-18(2,3)25-17(24)20-10-8-19(9-11-20)12-21(13-19)15-6-4-14(5-7-15)16(22)23/h4-7H,8-13H2,1-3H3,(H,22,23). The minimum absolute atomic E-state index is 0.220. The van der Waals surface area contributed by atoms with Crippen LogP contribution in [0.2, 0.25) is 0 Å². The van der Waals surface area contributed by atoms with E-state index in [-0.39, 0.29) is 11.5 Å². The highest BCUT2D eigenvalue weighted by Crippen LogP contribution is 2.42. The summed E-state index contributed by atoms with van der Waals surface area (Å²) in [6.45, 7) is 9.05. The van der Waals surface area contributed by atoms with Crippen LogP contribution in [0.4, 0.5) is 10.5 Å². The molecule has 0 radical (unpaired) electrons. The Morgan fingerprint density at radius 1 is 1.08 bits per heavy atom. The number of carbonyl (C=O) groups excluding carboxylic acids is 1. The van der Waals surface area contributed by atoms with Gasteiger partial charge in [-0.3, -0.25) is 0 Å². The molecule has 2 aliphatic rings. The summed E-state index contributed by atoms with van der Waals surface area (Å²) in [4.78, 5) is 27.2. The Morgan fingerprint density at radius 2 is 1.64 bits per heavy atom. The minimum Gasteiger partial charge on any atom is -0.478 e. The van der Waals surface area contributed by atoms with Gasteiger partial charge in [-0.1, -0.05) is 0 Å². The van der Waals surface area contributed by atoms with Crippen molar-refractivity contribution in [2.75, 3.05) is 31.1 Å². The molecule has 0 bridgehead atoms. The predicted molar refractivity (Wildman–Crippen MR) is 95.1 cm³/mol. The second-order valence-corrected chi connectivity index (χ2v) is 8.18.